The standard InChI is InChI=1S/C26H32O11/c1-13(2)22(28)33-11-18(27)20(36-25(31)16(7)8)21(37-26(32)17(9)10)19(35-24(30)15(5)6)12-34-23(29)14(3)4/h19-21H,1,3,5,7,9,11-12H2,2,4,6,8,10H3/t19-,20+,21+/m1/s1. The predicted molar refractivity (Wildman–Crippen MR) is 131 cm³/mol. The van der Waals surface area contributed by atoms with Crippen LogP contribution >= 0.6 is 0 Å². The summed E-state index contributed by atoms with van der Waals surface area (Å²) >= 11 is 0. The summed E-state index contributed by atoms with van der Waals surface area (Å²) in [5, 5.41) is 0. The third kappa shape index (κ3) is 11.3. The maximum absolute atomic E-state index is 13.1. The largest absolute Gasteiger partial charge is 0.458 e. The van der Waals surface area contributed by atoms with Gasteiger partial charge >= 0.3 is 29.8 Å². The van der Waals surface area contributed by atoms with E-state index in [1.807, 2.05) is 0 Å². The Balaban J connectivity index is 6.64. The highest BCUT2D eigenvalue weighted by Crippen LogP contribution is 2.19. The van der Waals surface area contributed by atoms with Crippen molar-refractivity contribution in [1.29, 1.82) is 0 Å². The number of carbonyl (C=O) groups is 6. The van der Waals surface area contributed by atoms with Crippen LogP contribution in [0.15, 0.2) is 60.8 Å². The van der Waals surface area contributed by atoms with Crippen molar-refractivity contribution in [3.05, 3.63) is 60.8 Å². The lowest BCUT2D eigenvalue weighted by molar-refractivity contribution is -0.189. The Morgan fingerprint density at radius 1 is 0.541 bits per heavy atom. The van der Waals surface area contributed by atoms with Gasteiger partial charge in [-0.25, -0.2) is 24.0 Å². The Labute approximate surface area is 215 Å². The summed E-state index contributed by atoms with van der Waals surface area (Å²) in [5.74, 6) is -6.02. The second-order valence-electron chi connectivity index (χ2n) is 8.18. The van der Waals surface area contributed by atoms with Crippen molar-refractivity contribution in [1.82, 2.24) is 0 Å². The van der Waals surface area contributed by atoms with Crippen LogP contribution in [0.25, 0.3) is 0 Å². The highest BCUT2D eigenvalue weighted by molar-refractivity contribution is 5.95. The van der Waals surface area contributed by atoms with Crippen LogP contribution in [0.1, 0.15) is 34.6 Å². The molecule has 0 saturated carbocycles. The molecule has 0 amide bonds. The minimum absolute atomic E-state index is 0.00602. The molecule has 0 heterocycles. The summed E-state index contributed by atoms with van der Waals surface area (Å²) in [7, 11) is 0. The van der Waals surface area contributed by atoms with E-state index in [0.717, 1.165) is 0 Å². The van der Waals surface area contributed by atoms with E-state index in [1.54, 1.807) is 0 Å². The first-order valence-corrected chi connectivity index (χ1v) is 10.8. The van der Waals surface area contributed by atoms with Crippen molar-refractivity contribution < 1.29 is 52.5 Å². The zero-order valence-corrected chi connectivity index (χ0v) is 21.7. The lowest BCUT2D eigenvalue weighted by Gasteiger charge is -2.31. The molecule has 202 valence electrons. The van der Waals surface area contributed by atoms with E-state index in [-0.39, 0.29) is 27.9 Å². The van der Waals surface area contributed by atoms with Crippen LogP contribution in [-0.2, 0) is 52.5 Å². The summed E-state index contributed by atoms with van der Waals surface area (Å²) < 4.78 is 25.7. The van der Waals surface area contributed by atoms with E-state index < -0.39 is 67.2 Å². The van der Waals surface area contributed by atoms with E-state index in [2.05, 4.69) is 32.9 Å². The van der Waals surface area contributed by atoms with Gasteiger partial charge in [-0.2, -0.15) is 0 Å². The fourth-order valence-electron chi connectivity index (χ4n) is 2.15. The molecule has 0 saturated heterocycles. The molecule has 0 spiro atoms. The van der Waals surface area contributed by atoms with E-state index >= 15 is 0 Å². The van der Waals surface area contributed by atoms with Gasteiger partial charge in [-0.05, 0) is 34.6 Å². The molecule has 0 aliphatic heterocycles. The van der Waals surface area contributed by atoms with Crippen LogP contribution in [0.3, 0.4) is 0 Å². The summed E-state index contributed by atoms with van der Waals surface area (Å²) in [4.78, 5) is 74.0. The minimum atomic E-state index is -2.00. The van der Waals surface area contributed by atoms with Crippen molar-refractivity contribution in [3.63, 3.8) is 0 Å². The molecule has 0 rings (SSSR count). The molecule has 37 heavy (non-hydrogen) atoms. The van der Waals surface area contributed by atoms with Crippen LogP contribution in [0.4, 0.5) is 0 Å². The molecule has 0 bridgehead atoms. The van der Waals surface area contributed by atoms with E-state index in [1.165, 1.54) is 34.6 Å². The van der Waals surface area contributed by atoms with Gasteiger partial charge in [0.05, 0.1) is 0 Å². The van der Waals surface area contributed by atoms with Crippen molar-refractivity contribution >= 4 is 35.6 Å². The molecule has 0 unspecified atom stereocenters. The van der Waals surface area contributed by atoms with Gasteiger partial charge in [-0.3, -0.25) is 4.79 Å². The Bertz CT molecular complexity index is 1030. The first kappa shape index (κ1) is 32.7. The molecule has 0 N–H and O–H groups in total. The fraction of sp³-hybridized carbons (Fsp3) is 0.385. The zero-order valence-electron chi connectivity index (χ0n) is 21.7. The van der Waals surface area contributed by atoms with Gasteiger partial charge in [0, 0.05) is 27.9 Å². The Morgan fingerprint density at radius 3 is 1.35 bits per heavy atom. The van der Waals surface area contributed by atoms with E-state index in [0.29, 0.717) is 0 Å². The van der Waals surface area contributed by atoms with E-state index in [9.17, 15) is 28.8 Å². The van der Waals surface area contributed by atoms with E-state index in [4.69, 9.17) is 23.7 Å². The van der Waals surface area contributed by atoms with Gasteiger partial charge < -0.3 is 23.7 Å². The molecule has 0 aromatic rings. The van der Waals surface area contributed by atoms with Gasteiger partial charge in [0.1, 0.15) is 6.61 Å². The molecule has 11 heteroatoms. The SMILES string of the molecule is C=C(C)C(=O)OCC(=O)[C@H](OC(=O)C(=C)C)[C@@H](OC(=O)C(=C)C)[C@@H](COC(=O)C(=C)C)OC(=O)C(=C)C. The number of ketones is 1. The number of Topliss-reactive ketones (excluding diaryl/α,β-unsaturated/α-hetero) is 1. The highest BCUT2D eigenvalue weighted by Gasteiger charge is 2.43. The molecule has 0 fully saturated rings. The maximum Gasteiger partial charge on any atom is 0.333 e. The lowest BCUT2D eigenvalue weighted by Crippen LogP contribution is -2.52. The molecule has 0 aromatic carbocycles. The molecule has 0 aliphatic carbocycles. The van der Waals surface area contributed by atoms with Gasteiger partial charge in [-0.15, -0.1) is 0 Å². The molecular formula is C26H32O11. The van der Waals surface area contributed by atoms with Gasteiger partial charge in [0.2, 0.25) is 11.9 Å². The average molecular weight is 521 g/mol. The molecule has 3 atom stereocenters. The smallest absolute Gasteiger partial charge is 0.333 e. The second kappa shape index (κ2) is 15.0. The highest BCUT2D eigenvalue weighted by atomic mass is 16.6. The number of carbonyl (C=O) groups excluding carboxylic acids is 6. The maximum atomic E-state index is 13.1. The number of hydrogen-bond acceptors (Lipinski definition) is 11. The van der Waals surface area contributed by atoms with Crippen LogP contribution in [0.5, 0.6) is 0 Å². The predicted octanol–water partition coefficient (Wildman–Crippen LogP) is 2.26. The average Bonchev–Trinajstić information content (AvgIpc) is 2.80. The topological polar surface area (TPSA) is 149 Å². The van der Waals surface area contributed by atoms with Crippen LogP contribution < -0.4 is 0 Å². The van der Waals surface area contributed by atoms with Gasteiger partial charge in [0.15, 0.2) is 18.8 Å². The molecule has 0 aliphatic rings. The number of hydrogen-bond donors (Lipinski definition) is 0. The fourth-order valence-corrected chi connectivity index (χ4v) is 2.15. The second-order valence-corrected chi connectivity index (χ2v) is 8.18. The first-order valence-electron chi connectivity index (χ1n) is 10.8. The van der Waals surface area contributed by atoms with Crippen LogP contribution in [0, 0.1) is 0 Å². The van der Waals surface area contributed by atoms with Gasteiger partial charge in [-0.1, -0.05) is 32.9 Å². The normalized spacial score (nSPS) is 12.5. The van der Waals surface area contributed by atoms with Crippen LogP contribution in [-0.4, -0.2) is 67.2 Å². The van der Waals surface area contributed by atoms with Crippen molar-refractivity contribution in [3.8, 4) is 0 Å². The van der Waals surface area contributed by atoms with Crippen molar-refractivity contribution in [2.75, 3.05) is 13.2 Å². The Kier molecular flexibility index (Phi) is 13.2. The summed E-state index contributed by atoms with van der Waals surface area (Å²) in [6.07, 6.45) is -5.58. The quantitative estimate of drug-likeness (QED) is 0.178. The first-order chi connectivity index (χ1) is 17.0. The Hall–Kier alpha value is -4.28. The van der Waals surface area contributed by atoms with Gasteiger partial charge in [0.25, 0.3) is 0 Å². The molecule has 11 nitrogen and oxygen atoms in total. The van der Waals surface area contributed by atoms with Crippen molar-refractivity contribution in [2.24, 2.45) is 0 Å². The lowest BCUT2D eigenvalue weighted by atomic mass is 10.0. The zero-order chi connectivity index (χ0) is 29.0. The summed E-state index contributed by atoms with van der Waals surface area (Å²) in [5.41, 5.74) is -0.369. The third-order valence-electron chi connectivity index (χ3n) is 4.18. The van der Waals surface area contributed by atoms with Crippen LogP contribution in [0.2, 0.25) is 0 Å². The Morgan fingerprint density at radius 2 is 0.919 bits per heavy atom. The number of rotatable bonds is 15. The summed E-state index contributed by atoms with van der Waals surface area (Å²) in [6, 6.07) is 0. The monoisotopic (exact) mass is 520 g/mol. The molecule has 0 aromatic heterocycles. The van der Waals surface area contributed by atoms with Crippen molar-refractivity contribution in [2.45, 2.75) is 52.9 Å². The minimum Gasteiger partial charge on any atom is -0.458 e. The molecular weight excluding hydrogens is 488 g/mol. The summed E-state index contributed by atoms with van der Waals surface area (Å²) in [6.45, 7) is 22.0. The number of ether oxygens (including phenoxy) is 5. The number of esters is 5. The third-order valence-corrected chi connectivity index (χ3v) is 4.18. The molecule has 0 radical (unpaired) electrons.